The van der Waals surface area contributed by atoms with E-state index < -0.39 is 12.1 Å². The molecule has 4 atom stereocenters. The van der Waals surface area contributed by atoms with E-state index in [0.717, 1.165) is 25.7 Å². The van der Waals surface area contributed by atoms with Crippen molar-refractivity contribution in [3.05, 3.63) is 20.2 Å². The summed E-state index contributed by atoms with van der Waals surface area (Å²) in [5, 5.41) is 21.8. The van der Waals surface area contributed by atoms with Crippen molar-refractivity contribution in [2.75, 3.05) is 0 Å². The van der Waals surface area contributed by atoms with Crippen molar-refractivity contribution in [2.24, 2.45) is 11.8 Å². The summed E-state index contributed by atoms with van der Waals surface area (Å²) < 4.78 is 0. The van der Waals surface area contributed by atoms with E-state index >= 15 is 0 Å². The van der Waals surface area contributed by atoms with Crippen molar-refractivity contribution < 1.29 is 9.85 Å². The van der Waals surface area contributed by atoms with Crippen LogP contribution in [0.3, 0.4) is 0 Å². The van der Waals surface area contributed by atoms with Crippen molar-refractivity contribution in [1.29, 1.82) is 0 Å². The van der Waals surface area contributed by atoms with Gasteiger partial charge in [-0.3, -0.25) is 20.2 Å². The van der Waals surface area contributed by atoms with E-state index in [0.29, 0.717) is 12.8 Å². The quantitative estimate of drug-likeness (QED) is 0.533. The molecule has 2 aliphatic rings. The molecule has 0 spiro atoms. The summed E-state index contributed by atoms with van der Waals surface area (Å²) >= 11 is 0. The second-order valence-electron chi connectivity index (χ2n) is 4.89. The molecule has 6 nitrogen and oxygen atoms in total. The number of hydrogen-bond donors (Lipinski definition) is 0. The predicted octanol–water partition coefficient (Wildman–Crippen LogP) is 1.88. The van der Waals surface area contributed by atoms with Gasteiger partial charge in [0.25, 0.3) is 0 Å². The molecule has 2 saturated carbocycles. The Morgan fingerprint density at radius 3 is 1.44 bits per heavy atom. The Morgan fingerprint density at radius 1 is 0.750 bits per heavy atom. The van der Waals surface area contributed by atoms with Crippen LogP contribution in [-0.4, -0.2) is 21.9 Å². The summed E-state index contributed by atoms with van der Waals surface area (Å²) in [5.41, 5.74) is 0. The molecule has 0 radical (unpaired) electrons. The van der Waals surface area contributed by atoms with E-state index in [9.17, 15) is 20.2 Å². The van der Waals surface area contributed by atoms with Crippen molar-refractivity contribution in [2.45, 2.75) is 50.6 Å². The van der Waals surface area contributed by atoms with E-state index in [2.05, 4.69) is 0 Å². The van der Waals surface area contributed by atoms with Gasteiger partial charge in [-0.1, -0.05) is 0 Å². The lowest BCUT2D eigenvalue weighted by molar-refractivity contribution is -0.564. The highest BCUT2D eigenvalue weighted by molar-refractivity contribution is 4.90. The Bertz CT molecular complexity index is 277. The largest absolute Gasteiger partial charge is 0.264 e. The maximum atomic E-state index is 10.9. The molecule has 0 aromatic rings. The Hall–Kier alpha value is -1.20. The highest BCUT2D eigenvalue weighted by Gasteiger charge is 2.49. The summed E-state index contributed by atoms with van der Waals surface area (Å²) in [7, 11) is 0. The highest BCUT2D eigenvalue weighted by atomic mass is 16.6. The maximum Gasteiger partial charge on any atom is 0.216 e. The summed E-state index contributed by atoms with van der Waals surface area (Å²) in [6.07, 6.45) is 4.30. The van der Waals surface area contributed by atoms with E-state index in [1.165, 1.54) is 0 Å². The summed E-state index contributed by atoms with van der Waals surface area (Å²) in [4.78, 5) is 21.4. The molecule has 0 aromatic carbocycles. The van der Waals surface area contributed by atoms with Gasteiger partial charge in [-0.25, -0.2) is 0 Å². The van der Waals surface area contributed by atoms with Crippen LogP contribution in [0.15, 0.2) is 0 Å². The monoisotopic (exact) mass is 228 g/mol. The van der Waals surface area contributed by atoms with Gasteiger partial charge in [0.05, 0.1) is 0 Å². The van der Waals surface area contributed by atoms with Crippen LogP contribution in [0.2, 0.25) is 0 Å². The summed E-state index contributed by atoms with van der Waals surface area (Å²) in [5.74, 6) is -0.124. The standard InChI is InChI=1S/C10H16N2O4/c13-11(14)9-5-1-3-7-8(9)4-2-6-10(7)12(15)16/h7-10H,1-6H2/t7-,8-,9-,10-/m1/s1. The van der Waals surface area contributed by atoms with Crippen LogP contribution >= 0.6 is 0 Å². The molecule has 0 aromatic heterocycles. The van der Waals surface area contributed by atoms with Gasteiger partial charge < -0.3 is 0 Å². The third-order valence-electron chi connectivity index (χ3n) is 4.15. The van der Waals surface area contributed by atoms with Crippen LogP contribution in [0.1, 0.15) is 38.5 Å². The summed E-state index contributed by atoms with van der Waals surface area (Å²) in [6.45, 7) is 0. The van der Waals surface area contributed by atoms with Crippen LogP contribution in [0.4, 0.5) is 0 Å². The fourth-order valence-electron chi connectivity index (χ4n) is 3.46. The lowest BCUT2D eigenvalue weighted by Crippen LogP contribution is -2.47. The molecule has 0 amide bonds. The zero-order valence-corrected chi connectivity index (χ0v) is 9.08. The fraction of sp³-hybridized carbons (Fsp3) is 1.00. The molecule has 6 heteroatoms. The minimum Gasteiger partial charge on any atom is -0.264 e. The second kappa shape index (κ2) is 4.35. The van der Waals surface area contributed by atoms with Gasteiger partial charge in [-0.2, -0.15) is 0 Å². The average Bonchev–Trinajstić information content (AvgIpc) is 2.27. The first kappa shape index (κ1) is 11.3. The SMILES string of the molecule is O=[N+]([O-])[C@@H]1CCC[C@@H]2[C@H]1CCC[C@H]2[N+](=O)[O-]. The first-order valence-corrected chi connectivity index (χ1v) is 5.88. The van der Waals surface area contributed by atoms with Gasteiger partial charge in [0.1, 0.15) is 0 Å². The number of fused-ring (bicyclic) bond motifs is 1. The first-order chi connectivity index (χ1) is 7.61. The van der Waals surface area contributed by atoms with Crippen molar-refractivity contribution in [1.82, 2.24) is 0 Å². The van der Waals surface area contributed by atoms with Crippen LogP contribution in [-0.2, 0) is 0 Å². The van der Waals surface area contributed by atoms with Gasteiger partial charge in [0.15, 0.2) is 0 Å². The van der Waals surface area contributed by atoms with Crippen molar-refractivity contribution in [3.8, 4) is 0 Å². The van der Waals surface area contributed by atoms with Crippen molar-refractivity contribution in [3.63, 3.8) is 0 Å². The second-order valence-corrected chi connectivity index (χ2v) is 4.89. The first-order valence-electron chi connectivity index (χ1n) is 5.88. The molecule has 90 valence electrons. The molecule has 0 saturated heterocycles. The smallest absolute Gasteiger partial charge is 0.216 e. The van der Waals surface area contributed by atoms with E-state index in [1.807, 2.05) is 0 Å². The third kappa shape index (κ3) is 1.88. The number of nitrogens with zero attached hydrogens (tertiary/aromatic N) is 2. The zero-order valence-electron chi connectivity index (χ0n) is 9.08. The van der Waals surface area contributed by atoms with Gasteiger partial charge >= 0.3 is 0 Å². The van der Waals surface area contributed by atoms with Crippen LogP contribution in [0.25, 0.3) is 0 Å². The van der Waals surface area contributed by atoms with Crippen LogP contribution in [0.5, 0.6) is 0 Å². The molecular formula is C10H16N2O4. The average molecular weight is 228 g/mol. The molecule has 0 N–H and O–H groups in total. The molecule has 0 aliphatic heterocycles. The Morgan fingerprint density at radius 2 is 1.12 bits per heavy atom. The van der Waals surface area contributed by atoms with E-state index in [1.54, 1.807) is 0 Å². The van der Waals surface area contributed by atoms with Gasteiger partial charge in [0, 0.05) is 34.5 Å². The van der Waals surface area contributed by atoms with Crippen LogP contribution < -0.4 is 0 Å². The van der Waals surface area contributed by atoms with Gasteiger partial charge in [0.2, 0.25) is 12.1 Å². The molecule has 0 bridgehead atoms. The minimum absolute atomic E-state index is 0.0621. The third-order valence-corrected chi connectivity index (χ3v) is 4.15. The molecule has 2 fully saturated rings. The minimum atomic E-state index is -0.540. The number of nitro groups is 2. The Kier molecular flexibility index (Phi) is 3.07. The molecule has 0 unspecified atom stereocenters. The lowest BCUT2D eigenvalue weighted by Gasteiger charge is -2.37. The van der Waals surface area contributed by atoms with Gasteiger partial charge in [-0.05, 0) is 25.7 Å². The summed E-state index contributed by atoms with van der Waals surface area (Å²) in [6, 6.07) is -1.08. The lowest BCUT2D eigenvalue weighted by atomic mass is 9.66. The fourth-order valence-corrected chi connectivity index (χ4v) is 3.46. The molecular weight excluding hydrogens is 212 g/mol. The van der Waals surface area contributed by atoms with E-state index in [-0.39, 0.29) is 21.7 Å². The topological polar surface area (TPSA) is 86.3 Å². The van der Waals surface area contributed by atoms with Gasteiger partial charge in [-0.15, -0.1) is 0 Å². The highest BCUT2D eigenvalue weighted by Crippen LogP contribution is 2.42. The van der Waals surface area contributed by atoms with Crippen molar-refractivity contribution >= 4 is 0 Å². The molecule has 2 rings (SSSR count). The normalized spacial score (nSPS) is 38.8. The molecule has 0 heterocycles. The molecule has 16 heavy (non-hydrogen) atoms. The maximum absolute atomic E-state index is 10.9. The number of hydrogen-bond acceptors (Lipinski definition) is 4. The molecule has 2 aliphatic carbocycles. The van der Waals surface area contributed by atoms with E-state index in [4.69, 9.17) is 0 Å². The zero-order chi connectivity index (χ0) is 11.7. The Labute approximate surface area is 93.3 Å². The van der Waals surface area contributed by atoms with Crippen LogP contribution in [0, 0.1) is 32.1 Å². The Balaban J connectivity index is 2.17. The predicted molar refractivity (Wildman–Crippen MR) is 56.2 cm³/mol. The number of rotatable bonds is 2.